The molecule has 1 unspecified atom stereocenters. The topological polar surface area (TPSA) is 47.9 Å². The van der Waals surface area contributed by atoms with Crippen LogP contribution in [0.25, 0.3) is 0 Å². The number of aliphatic imine (C=N–C) groups is 1. The van der Waals surface area contributed by atoms with Gasteiger partial charge in [-0.3, -0.25) is 4.99 Å². The van der Waals surface area contributed by atoms with Crippen molar-refractivity contribution in [1.82, 2.24) is 0 Å². The van der Waals surface area contributed by atoms with E-state index in [0.29, 0.717) is 12.4 Å². The molecular formula is C11H11NO3. The summed E-state index contributed by atoms with van der Waals surface area (Å²) in [7, 11) is 0. The summed E-state index contributed by atoms with van der Waals surface area (Å²) in [6.07, 6.45) is 0.736. The molecule has 0 saturated carbocycles. The lowest BCUT2D eigenvalue weighted by Gasteiger charge is -2.18. The summed E-state index contributed by atoms with van der Waals surface area (Å²) >= 11 is 0. The van der Waals surface area contributed by atoms with Crippen molar-refractivity contribution in [2.45, 2.75) is 13.0 Å². The van der Waals surface area contributed by atoms with E-state index in [1.165, 1.54) is 6.21 Å². The fourth-order valence-electron chi connectivity index (χ4n) is 1.31. The first-order valence-corrected chi connectivity index (χ1v) is 4.78. The standard InChI is InChI=1S/C11H11NO3/c1-2-14-11(13)10-7-12-8-5-3-4-6-9(8)15-10/h3-7,10H,2H2,1H3. The Morgan fingerprint density at radius 2 is 2.33 bits per heavy atom. The van der Waals surface area contributed by atoms with Gasteiger partial charge in [-0.1, -0.05) is 12.1 Å². The summed E-state index contributed by atoms with van der Waals surface area (Å²) in [5.74, 6) is 0.203. The van der Waals surface area contributed by atoms with Gasteiger partial charge in [0.05, 0.1) is 12.8 Å². The van der Waals surface area contributed by atoms with Gasteiger partial charge in [0.1, 0.15) is 11.4 Å². The van der Waals surface area contributed by atoms with E-state index >= 15 is 0 Å². The van der Waals surface area contributed by atoms with Crippen LogP contribution in [0.2, 0.25) is 0 Å². The molecule has 0 N–H and O–H groups in total. The smallest absolute Gasteiger partial charge is 0.353 e. The van der Waals surface area contributed by atoms with Gasteiger partial charge in [-0.05, 0) is 19.1 Å². The molecule has 0 amide bonds. The third kappa shape index (κ3) is 1.98. The van der Waals surface area contributed by atoms with Gasteiger partial charge >= 0.3 is 5.97 Å². The van der Waals surface area contributed by atoms with Crippen LogP contribution < -0.4 is 4.74 Å². The Kier molecular flexibility index (Phi) is 2.67. The fraction of sp³-hybridized carbons (Fsp3) is 0.273. The highest BCUT2D eigenvalue weighted by Crippen LogP contribution is 2.30. The van der Waals surface area contributed by atoms with Crippen LogP contribution in [-0.4, -0.2) is 24.9 Å². The zero-order valence-electron chi connectivity index (χ0n) is 8.34. The number of carbonyl (C=O) groups is 1. The predicted octanol–water partition coefficient (Wildman–Crippen LogP) is 1.71. The van der Waals surface area contributed by atoms with Crippen molar-refractivity contribution in [1.29, 1.82) is 0 Å². The lowest BCUT2D eigenvalue weighted by molar-refractivity contribution is -0.148. The molecule has 0 aliphatic carbocycles. The van der Waals surface area contributed by atoms with E-state index in [0.717, 1.165) is 5.69 Å². The molecule has 4 nitrogen and oxygen atoms in total. The van der Waals surface area contributed by atoms with Crippen LogP contribution in [0.5, 0.6) is 5.75 Å². The number of para-hydroxylation sites is 2. The molecule has 0 spiro atoms. The molecule has 1 aliphatic rings. The number of fused-ring (bicyclic) bond motifs is 1. The van der Waals surface area contributed by atoms with Crippen LogP contribution in [-0.2, 0) is 9.53 Å². The lowest BCUT2D eigenvalue weighted by atomic mass is 10.2. The highest BCUT2D eigenvalue weighted by molar-refractivity contribution is 5.95. The van der Waals surface area contributed by atoms with E-state index in [1.54, 1.807) is 13.0 Å². The summed E-state index contributed by atoms with van der Waals surface area (Å²) < 4.78 is 10.3. The van der Waals surface area contributed by atoms with Crippen molar-refractivity contribution >= 4 is 17.9 Å². The molecule has 0 saturated heterocycles. The second kappa shape index (κ2) is 4.13. The lowest BCUT2D eigenvalue weighted by Crippen LogP contribution is -2.32. The van der Waals surface area contributed by atoms with Gasteiger partial charge < -0.3 is 9.47 Å². The summed E-state index contributed by atoms with van der Waals surface area (Å²) in [4.78, 5) is 15.5. The van der Waals surface area contributed by atoms with Crippen LogP contribution in [0.4, 0.5) is 5.69 Å². The first-order valence-electron chi connectivity index (χ1n) is 4.78. The molecular weight excluding hydrogens is 194 g/mol. The van der Waals surface area contributed by atoms with E-state index in [4.69, 9.17) is 9.47 Å². The third-order valence-electron chi connectivity index (χ3n) is 1.99. The van der Waals surface area contributed by atoms with E-state index in [2.05, 4.69) is 4.99 Å². The Hall–Kier alpha value is -1.84. The van der Waals surface area contributed by atoms with Gasteiger partial charge in [0.2, 0.25) is 6.10 Å². The van der Waals surface area contributed by atoms with Crippen molar-refractivity contribution in [2.75, 3.05) is 6.61 Å². The minimum absolute atomic E-state index is 0.341. The van der Waals surface area contributed by atoms with Crippen molar-refractivity contribution < 1.29 is 14.3 Å². The number of benzene rings is 1. The zero-order valence-corrected chi connectivity index (χ0v) is 8.34. The minimum atomic E-state index is -0.722. The van der Waals surface area contributed by atoms with Gasteiger partial charge in [0.15, 0.2) is 0 Å². The minimum Gasteiger partial charge on any atom is -0.471 e. The van der Waals surface area contributed by atoms with Gasteiger partial charge in [-0.2, -0.15) is 0 Å². The summed E-state index contributed by atoms with van der Waals surface area (Å²) in [6.45, 7) is 2.10. The molecule has 2 rings (SSSR count). The Morgan fingerprint density at radius 3 is 3.13 bits per heavy atom. The number of nitrogens with zero attached hydrogens (tertiary/aromatic N) is 1. The first kappa shape index (κ1) is 9.71. The van der Waals surface area contributed by atoms with Crippen molar-refractivity contribution in [3.63, 3.8) is 0 Å². The number of rotatable bonds is 2. The molecule has 0 fully saturated rings. The number of hydrogen-bond donors (Lipinski definition) is 0. The maximum atomic E-state index is 11.4. The maximum absolute atomic E-state index is 11.4. The van der Waals surface area contributed by atoms with Gasteiger partial charge in [0.25, 0.3) is 0 Å². The van der Waals surface area contributed by atoms with E-state index in [-0.39, 0.29) is 0 Å². The van der Waals surface area contributed by atoms with Crippen LogP contribution in [0.15, 0.2) is 29.3 Å². The first-order chi connectivity index (χ1) is 7.31. The number of hydrogen-bond acceptors (Lipinski definition) is 4. The molecule has 1 aromatic rings. The Balaban J connectivity index is 2.15. The highest BCUT2D eigenvalue weighted by Gasteiger charge is 2.23. The molecule has 0 radical (unpaired) electrons. The van der Waals surface area contributed by atoms with E-state index in [9.17, 15) is 4.79 Å². The molecule has 1 heterocycles. The van der Waals surface area contributed by atoms with Crippen molar-refractivity contribution in [3.05, 3.63) is 24.3 Å². The average Bonchev–Trinajstić information content (AvgIpc) is 2.29. The molecule has 78 valence electrons. The highest BCUT2D eigenvalue weighted by atomic mass is 16.6. The summed E-state index contributed by atoms with van der Waals surface area (Å²) in [5.41, 5.74) is 0.734. The number of carbonyl (C=O) groups excluding carboxylic acids is 1. The molecule has 1 aromatic carbocycles. The Morgan fingerprint density at radius 1 is 1.53 bits per heavy atom. The predicted molar refractivity (Wildman–Crippen MR) is 55.6 cm³/mol. The number of ether oxygens (including phenoxy) is 2. The molecule has 1 atom stereocenters. The second-order valence-electron chi connectivity index (χ2n) is 3.04. The zero-order chi connectivity index (χ0) is 10.7. The summed E-state index contributed by atoms with van der Waals surface area (Å²) in [6, 6.07) is 7.30. The number of esters is 1. The van der Waals surface area contributed by atoms with Gasteiger partial charge in [0, 0.05) is 0 Å². The SMILES string of the molecule is CCOC(=O)C1C=Nc2ccccc2O1. The normalized spacial score (nSPS) is 17.8. The Bertz CT molecular complexity index is 401. The molecule has 4 heteroatoms. The molecule has 15 heavy (non-hydrogen) atoms. The second-order valence-corrected chi connectivity index (χ2v) is 3.04. The molecule has 1 aliphatic heterocycles. The molecule has 0 aromatic heterocycles. The maximum Gasteiger partial charge on any atom is 0.353 e. The third-order valence-corrected chi connectivity index (χ3v) is 1.99. The van der Waals surface area contributed by atoms with Crippen LogP contribution in [0, 0.1) is 0 Å². The van der Waals surface area contributed by atoms with Crippen LogP contribution >= 0.6 is 0 Å². The van der Waals surface area contributed by atoms with E-state index < -0.39 is 12.1 Å². The average molecular weight is 205 g/mol. The van der Waals surface area contributed by atoms with Gasteiger partial charge in [-0.25, -0.2) is 4.79 Å². The quantitative estimate of drug-likeness (QED) is 0.690. The molecule has 0 bridgehead atoms. The van der Waals surface area contributed by atoms with Crippen LogP contribution in [0.3, 0.4) is 0 Å². The van der Waals surface area contributed by atoms with Gasteiger partial charge in [-0.15, -0.1) is 0 Å². The van der Waals surface area contributed by atoms with E-state index in [1.807, 2.05) is 18.2 Å². The monoisotopic (exact) mass is 205 g/mol. The van der Waals surface area contributed by atoms with Crippen LogP contribution in [0.1, 0.15) is 6.92 Å². The van der Waals surface area contributed by atoms with Crippen molar-refractivity contribution in [3.8, 4) is 5.75 Å². The fourth-order valence-corrected chi connectivity index (χ4v) is 1.31. The largest absolute Gasteiger partial charge is 0.471 e. The Labute approximate surface area is 87.5 Å². The van der Waals surface area contributed by atoms with Crippen molar-refractivity contribution in [2.24, 2.45) is 4.99 Å². The summed E-state index contributed by atoms with van der Waals surface area (Å²) in [5, 5.41) is 0.